The van der Waals surface area contributed by atoms with Gasteiger partial charge in [0.05, 0.1) is 11.4 Å². The average molecular weight is 232 g/mol. The maximum atomic E-state index is 4.71. The molecule has 1 aromatic heterocycles. The summed E-state index contributed by atoms with van der Waals surface area (Å²) in [7, 11) is 0. The monoisotopic (exact) mass is 232 g/mol. The summed E-state index contributed by atoms with van der Waals surface area (Å²) in [6.07, 6.45) is 8.20. The predicted octanol–water partition coefficient (Wildman–Crippen LogP) is 1.29. The van der Waals surface area contributed by atoms with Crippen molar-refractivity contribution in [1.82, 2.24) is 20.5 Å². The molecule has 4 nitrogen and oxygen atoms in total. The highest BCUT2D eigenvalue weighted by Gasteiger charge is 2.18. The van der Waals surface area contributed by atoms with Crippen molar-refractivity contribution in [3.63, 3.8) is 0 Å². The Morgan fingerprint density at radius 2 is 1.76 bits per heavy atom. The Bertz CT molecular complexity index is 385. The summed E-state index contributed by atoms with van der Waals surface area (Å²) in [5, 5.41) is 12.1. The molecule has 2 heterocycles. The second-order valence-corrected chi connectivity index (χ2v) is 5.23. The van der Waals surface area contributed by atoms with Gasteiger partial charge in [0.15, 0.2) is 5.82 Å². The molecule has 1 aliphatic heterocycles. The summed E-state index contributed by atoms with van der Waals surface area (Å²) in [6.45, 7) is 2.28. The highest BCUT2D eigenvalue weighted by molar-refractivity contribution is 5.13. The minimum absolute atomic E-state index is 0.750. The molecule has 0 atom stereocenters. The van der Waals surface area contributed by atoms with Gasteiger partial charge in [-0.1, -0.05) is 0 Å². The molecule has 1 aliphatic carbocycles. The lowest BCUT2D eigenvalue weighted by atomic mass is 9.94. The number of fused-ring (bicyclic) bond motifs is 1. The Balaban J connectivity index is 1.70. The van der Waals surface area contributed by atoms with Gasteiger partial charge in [-0.3, -0.25) is 0 Å². The van der Waals surface area contributed by atoms with Gasteiger partial charge in [-0.05, 0) is 57.5 Å². The van der Waals surface area contributed by atoms with Gasteiger partial charge in [-0.2, -0.15) is 5.10 Å². The Hall–Kier alpha value is -1.03. The van der Waals surface area contributed by atoms with Crippen molar-refractivity contribution in [2.75, 3.05) is 13.1 Å². The van der Waals surface area contributed by atoms with Crippen LogP contribution in [0.25, 0.3) is 0 Å². The van der Waals surface area contributed by atoms with Crippen LogP contribution in [0.1, 0.15) is 42.9 Å². The van der Waals surface area contributed by atoms with E-state index in [0.29, 0.717) is 0 Å². The molecule has 1 aromatic rings. The first-order valence-corrected chi connectivity index (χ1v) is 6.84. The van der Waals surface area contributed by atoms with Crippen LogP contribution in [0.2, 0.25) is 0 Å². The number of aromatic nitrogens is 3. The highest BCUT2D eigenvalue weighted by atomic mass is 15.2. The van der Waals surface area contributed by atoms with Crippen LogP contribution >= 0.6 is 0 Å². The number of hydrogen-bond donors (Lipinski definition) is 1. The smallest absolute Gasteiger partial charge is 0.151 e. The van der Waals surface area contributed by atoms with E-state index in [4.69, 9.17) is 4.98 Å². The first-order chi connectivity index (χ1) is 8.42. The van der Waals surface area contributed by atoms with Gasteiger partial charge in [0.2, 0.25) is 0 Å². The summed E-state index contributed by atoms with van der Waals surface area (Å²) in [4.78, 5) is 4.71. The molecular formula is C13H20N4. The van der Waals surface area contributed by atoms with Crippen molar-refractivity contribution in [2.24, 2.45) is 5.92 Å². The lowest BCUT2D eigenvalue weighted by Gasteiger charge is -2.22. The minimum Gasteiger partial charge on any atom is -0.317 e. The summed E-state index contributed by atoms with van der Waals surface area (Å²) in [5.41, 5.74) is 2.36. The van der Waals surface area contributed by atoms with Crippen LogP contribution in [0.3, 0.4) is 0 Å². The third-order valence-electron chi connectivity index (χ3n) is 3.89. The number of hydrogen-bond acceptors (Lipinski definition) is 4. The van der Waals surface area contributed by atoms with E-state index in [-0.39, 0.29) is 0 Å². The Morgan fingerprint density at radius 3 is 2.59 bits per heavy atom. The van der Waals surface area contributed by atoms with Gasteiger partial charge in [-0.25, -0.2) is 4.98 Å². The molecular weight excluding hydrogens is 212 g/mol. The summed E-state index contributed by atoms with van der Waals surface area (Å²) in [6, 6.07) is 0. The molecule has 1 N–H and O–H groups in total. The van der Waals surface area contributed by atoms with Crippen molar-refractivity contribution in [3.8, 4) is 0 Å². The number of nitrogens with zero attached hydrogens (tertiary/aromatic N) is 3. The molecule has 0 spiro atoms. The fourth-order valence-electron chi connectivity index (χ4n) is 2.83. The third kappa shape index (κ3) is 2.63. The number of aryl methyl sites for hydroxylation is 2. The molecule has 2 aliphatic rings. The molecule has 0 amide bonds. The van der Waals surface area contributed by atoms with Gasteiger partial charge in [0.1, 0.15) is 0 Å². The van der Waals surface area contributed by atoms with Crippen molar-refractivity contribution >= 4 is 0 Å². The zero-order chi connectivity index (χ0) is 11.5. The van der Waals surface area contributed by atoms with Crippen molar-refractivity contribution in [3.05, 3.63) is 17.2 Å². The zero-order valence-electron chi connectivity index (χ0n) is 10.3. The minimum atomic E-state index is 0.750. The summed E-state index contributed by atoms with van der Waals surface area (Å²) in [5.74, 6) is 1.72. The second-order valence-electron chi connectivity index (χ2n) is 5.23. The van der Waals surface area contributed by atoms with Crippen LogP contribution in [-0.4, -0.2) is 28.3 Å². The molecule has 0 saturated carbocycles. The van der Waals surface area contributed by atoms with Crippen LogP contribution in [-0.2, 0) is 19.3 Å². The quantitative estimate of drug-likeness (QED) is 0.835. The molecule has 3 rings (SSSR count). The average Bonchev–Trinajstić information content (AvgIpc) is 2.40. The van der Waals surface area contributed by atoms with E-state index in [1.807, 2.05) is 0 Å². The first kappa shape index (κ1) is 11.1. The maximum Gasteiger partial charge on any atom is 0.151 e. The van der Waals surface area contributed by atoms with Crippen molar-refractivity contribution in [1.29, 1.82) is 0 Å². The van der Waals surface area contributed by atoms with E-state index in [1.165, 1.54) is 31.4 Å². The van der Waals surface area contributed by atoms with Crippen LogP contribution in [0, 0.1) is 5.92 Å². The molecule has 92 valence electrons. The summed E-state index contributed by atoms with van der Waals surface area (Å²) >= 11 is 0. The van der Waals surface area contributed by atoms with Crippen molar-refractivity contribution in [2.45, 2.75) is 44.9 Å². The van der Waals surface area contributed by atoms with Crippen LogP contribution < -0.4 is 5.32 Å². The fraction of sp³-hybridized carbons (Fsp3) is 0.769. The van der Waals surface area contributed by atoms with Gasteiger partial charge >= 0.3 is 0 Å². The van der Waals surface area contributed by atoms with Crippen LogP contribution in [0.4, 0.5) is 0 Å². The lowest BCUT2D eigenvalue weighted by Crippen LogP contribution is -2.29. The molecule has 17 heavy (non-hydrogen) atoms. The SMILES string of the molecule is C1CCc2nc(CC3CCNCC3)nnc2C1. The van der Waals surface area contributed by atoms with E-state index in [0.717, 1.165) is 49.8 Å². The Labute approximate surface area is 102 Å². The highest BCUT2D eigenvalue weighted by Crippen LogP contribution is 2.19. The van der Waals surface area contributed by atoms with E-state index < -0.39 is 0 Å². The lowest BCUT2D eigenvalue weighted by molar-refractivity contribution is 0.365. The van der Waals surface area contributed by atoms with Crippen molar-refractivity contribution < 1.29 is 0 Å². The third-order valence-corrected chi connectivity index (χ3v) is 3.89. The van der Waals surface area contributed by atoms with Gasteiger partial charge in [0.25, 0.3) is 0 Å². The molecule has 4 heteroatoms. The topological polar surface area (TPSA) is 50.7 Å². The van der Waals surface area contributed by atoms with Crippen LogP contribution in [0.15, 0.2) is 0 Å². The van der Waals surface area contributed by atoms with Gasteiger partial charge < -0.3 is 5.32 Å². The Morgan fingerprint density at radius 1 is 1.00 bits per heavy atom. The van der Waals surface area contributed by atoms with E-state index in [2.05, 4.69) is 15.5 Å². The van der Waals surface area contributed by atoms with E-state index >= 15 is 0 Å². The number of nitrogens with one attached hydrogen (secondary N) is 1. The normalized spacial score (nSPS) is 21.2. The second kappa shape index (κ2) is 5.08. The van der Waals surface area contributed by atoms with Crippen LogP contribution in [0.5, 0.6) is 0 Å². The number of rotatable bonds is 2. The predicted molar refractivity (Wildman–Crippen MR) is 65.8 cm³/mol. The van der Waals surface area contributed by atoms with E-state index in [1.54, 1.807) is 0 Å². The zero-order valence-corrected chi connectivity index (χ0v) is 10.3. The van der Waals surface area contributed by atoms with Gasteiger partial charge in [0, 0.05) is 6.42 Å². The first-order valence-electron chi connectivity index (χ1n) is 6.84. The molecule has 0 bridgehead atoms. The van der Waals surface area contributed by atoms with E-state index in [9.17, 15) is 0 Å². The van der Waals surface area contributed by atoms with Gasteiger partial charge in [-0.15, -0.1) is 5.10 Å². The molecule has 0 radical (unpaired) electrons. The molecule has 1 fully saturated rings. The molecule has 1 saturated heterocycles. The molecule has 0 aromatic carbocycles. The molecule has 0 unspecified atom stereocenters. The summed E-state index contributed by atoms with van der Waals surface area (Å²) < 4.78 is 0. The largest absolute Gasteiger partial charge is 0.317 e. The maximum absolute atomic E-state index is 4.71. The standard InChI is InChI=1S/C13H20N4/c1-2-4-12-11(3-1)15-13(17-16-12)9-10-5-7-14-8-6-10/h10,14H,1-9H2. The Kier molecular flexibility index (Phi) is 3.31. The fourth-order valence-corrected chi connectivity index (χ4v) is 2.83. The number of piperidine rings is 1.